The minimum absolute atomic E-state index is 0. The molecule has 4 nitrogen and oxygen atoms in total. The molecule has 1 aromatic heterocycles. The van der Waals surface area contributed by atoms with Crippen LogP contribution in [-0.2, 0) is 12.0 Å². The van der Waals surface area contributed by atoms with Crippen LogP contribution >= 0.6 is 35.6 Å². The number of halogens is 3. The second kappa shape index (κ2) is 10.1. The number of pyridine rings is 1. The highest BCUT2D eigenvalue weighted by Gasteiger charge is 2.24. The molecule has 1 aromatic carbocycles. The van der Waals surface area contributed by atoms with Crippen molar-refractivity contribution in [2.75, 3.05) is 13.6 Å². The summed E-state index contributed by atoms with van der Waals surface area (Å²) in [5.74, 6) is 0.343. The Balaban J connectivity index is 0.00000338. The van der Waals surface area contributed by atoms with Gasteiger partial charge in [-0.25, -0.2) is 4.39 Å². The predicted octanol–water partition coefficient (Wildman–Crippen LogP) is 4.44. The molecule has 2 aromatic rings. The standard InChI is InChI=1S/C19H24ClFN4.HI/c1-13-6-5-7-15(25-13)11-23-18(22-4)24-12-19(2,3)16-9-8-14(21)10-17(16)20;/h5-10H,11-12H2,1-4H3,(H2,22,23,24);1H. The molecule has 0 atom stereocenters. The highest BCUT2D eigenvalue weighted by Crippen LogP contribution is 2.29. The van der Waals surface area contributed by atoms with Gasteiger partial charge in [-0.1, -0.05) is 37.6 Å². The number of aryl methyl sites for hydroxylation is 1. The number of rotatable bonds is 5. The van der Waals surface area contributed by atoms with Crippen molar-refractivity contribution in [3.8, 4) is 0 Å². The molecule has 0 saturated carbocycles. The first-order valence-electron chi connectivity index (χ1n) is 8.14. The van der Waals surface area contributed by atoms with Crippen LogP contribution in [0.3, 0.4) is 0 Å². The number of benzene rings is 1. The number of nitrogens with zero attached hydrogens (tertiary/aromatic N) is 2. The van der Waals surface area contributed by atoms with Gasteiger partial charge < -0.3 is 10.6 Å². The molecular formula is C19H25ClFIN4. The fraction of sp³-hybridized carbons (Fsp3) is 0.368. The number of nitrogens with one attached hydrogen (secondary N) is 2. The van der Waals surface area contributed by atoms with Gasteiger partial charge in [0.05, 0.1) is 12.2 Å². The van der Waals surface area contributed by atoms with Gasteiger partial charge in [0.25, 0.3) is 0 Å². The van der Waals surface area contributed by atoms with Crippen LogP contribution in [-0.4, -0.2) is 24.5 Å². The van der Waals surface area contributed by atoms with Crippen LogP contribution in [0.4, 0.5) is 4.39 Å². The monoisotopic (exact) mass is 490 g/mol. The number of hydrogen-bond donors (Lipinski definition) is 2. The third-order valence-electron chi connectivity index (χ3n) is 3.96. The first kappa shape index (κ1) is 22.6. The molecule has 0 unspecified atom stereocenters. The lowest BCUT2D eigenvalue weighted by molar-refractivity contribution is 0.507. The van der Waals surface area contributed by atoms with E-state index in [1.165, 1.54) is 12.1 Å². The van der Waals surface area contributed by atoms with E-state index in [0.717, 1.165) is 17.0 Å². The molecule has 7 heteroatoms. The molecule has 0 aliphatic rings. The molecule has 142 valence electrons. The van der Waals surface area contributed by atoms with E-state index in [1.807, 2.05) is 25.1 Å². The number of hydrogen-bond acceptors (Lipinski definition) is 2. The summed E-state index contributed by atoms with van der Waals surface area (Å²) in [6, 6.07) is 10.4. The van der Waals surface area contributed by atoms with Crippen molar-refractivity contribution in [2.24, 2.45) is 4.99 Å². The zero-order chi connectivity index (χ0) is 18.4. The summed E-state index contributed by atoms with van der Waals surface area (Å²) in [7, 11) is 1.72. The SMILES string of the molecule is CN=C(NCc1cccc(C)n1)NCC(C)(C)c1ccc(F)cc1Cl.I. The van der Waals surface area contributed by atoms with Crippen LogP contribution in [0.5, 0.6) is 0 Å². The maximum absolute atomic E-state index is 13.3. The molecule has 0 radical (unpaired) electrons. The van der Waals surface area contributed by atoms with Crippen molar-refractivity contribution in [2.45, 2.75) is 32.7 Å². The Kier molecular flexibility index (Phi) is 8.76. The fourth-order valence-corrected chi connectivity index (χ4v) is 2.95. The normalized spacial score (nSPS) is 11.7. The number of guanidine groups is 1. The molecule has 0 amide bonds. The van der Waals surface area contributed by atoms with Crippen LogP contribution < -0.4 is 10.6 Å². The van der Waals surface area contributed by atoms with E-state index in [0.29, 0.717) is 24.1 Å². The van der Waals surface area contributed by atoms with Crippen molar-refractivity contribution in [1.29, 1.82) is 0 Å². The Hall–Kier alpha value is -1.41. The third kappa shape index (κ3) is 6.39. The summed E-state index contributed by atoms with van der Waals surface area (Å²) < 4.78 is 13.3. The largest absolute Gasteiger partial charge is 0.356 e. The molecule has 0 saturated heterocycles. The van der Waals surface area contributed by atoms with Crippen LogP contribution in [0.2, 0.25) is 5.02 Å². The minimum atomic E-state index is -0.333. The lowest BCUT2D eigenvalue weighted by Gasteiger charge is -2.27. The van der Waals surface area contributed by atoms with Gasteiger partial charge in [-0.3, -0.25) is 9.98 Å². The highest BCUT2D eigenvalue weighted by atomic mass is 127. The zero-order valence-electron chi connectivity index (χ0n) is 15.4. The third-order valence-corrected chi connectivity index (χ3v) is 4.28. The molecule has 0 spiro atoms. The highest BCUT2D eigenvalue weighted by molar-refractivity contribution is 14.0. The molecule has 1 heterocycles. The Morgan fingerprint density at radius 3 is 2.58 bits per heavy atom. The van der Waals surface area contributed by atoms with E-state index in [-0.39, 0.29) is 35.2 Å². The maximum Gasteiger partial charge on any atom is 0.191 e. The average Bonchev–Trinajstić information content (AvgIpc) is 2.54. The van der Waals surface area contributed by atoms with Crippen LogP contribution in [0.25, 0.3) is 0 Å². The Bertz CT molecular complexity index is 765. The number of aliphatic imine (C=N–C) groups is 1. The zero-order valence-corrected chi connectivity index (χ0v) is 18.5. The van der Waals surface area contributed by atoms with Crippen molar-refractivity contribution in [3.63, 3.8) is 0 Å². The first-order valence-corrected chi connectivity index (χ1v) is 8.52. The van der Waals surface area contributed by atoms with E-state index >= 15 is 0 Å². The lowest BCUT2D eigenvalue weighted by Crippen LogP contribution is -2.43. The smallest absolute Gasteiger partial charge is 0.191 e. The van der Waals surface area contributed by atoms with Gasteiger partial charge in [-0.2, -0.15) is 0 Å². The topological polar surface area (TPSA) is 49.3 Å². The van der Waals surface area contributed by atoms with Gasteiger partial charge in [-0.05, 0) is 36.8 Å². The van der Waals surface area contributed by atoms with Crippen molar-refractivity contribution < 1.29 is 4.39 Å². The molecular weight excluding hydrogens is 466 g/mol. The van der Waals surface area contributed by atoms with Crippen molar-refractivity contribution in [3.05, 3.63) is 64.2 Å². The molecule has 26 heavy (non-hydrogen) atoms. The van der Waals surface area contributed by atoms with E-state index < -0.39 is 0 Å². The van der Waals surface area contributed by atoms with Gasteiger partial charge in [0, 0.05) is 29.7 Å². The van der Waals surface area contributed by atoms with Crippen LogP contribution in [0, 0.1) is 12.7 Å². The van der Waals surface area contributed by atoms with Gasteiger partial charge in [0.1, 0.15) is 5.82 Å². The molecule has 0 aliphatic heterocycles. The van der Waals surface area contributed by atoms with Gasteiger partial charge in [0.2, 0.25) is 0 Å². The Morgan fingerprint density at radius 1 is 1.23 bits per heavy atom. The van der Waals surface area contributed by atoms with Gasteiger partial charge >= 0.3 is 0 Å². The summed E-state index contributed by atoms with van der Waals surface area (Å²) in [6.07, 6.45) is 0. The van der Waals surface area contributed by atoms with Crippen molar-refractivity contribution >= 4 is 41.5 Å². The quantitative estimate of drug-likeness (QED) is 0.370. The van der Waals surface area contributed by atoms with Crippen LogP contribution in [0.1, 0.15) is 30.8 Å². The minimum Gasteiger partial charge on any atom is -0.356 e. The van der Waals surface area contributed by atoms with E-state index in [4.69, 9.17) is 11.6 Å². The van der Waals surface area contributed by atoms with E-state index in [2.05, 4.69) is 34.5 Å². The Labute approximate surface area is 176 Å². The number of aromatic nitrogens is 1. The second-order valence-corrected chi connectivity index (χ2v) is 6.96. The van der Waals surface area contributed by atoms with Crippen molar-refractivity contribution in [1.82, 2.24) is 15.6 Å². The summed E-state index contributed by atoms with van der Waals surface area (Å²) in [5, 5.41) is 6.97. The Morgan fingerprint density at radius 2 is 1.96 bits per heavy atom. The van der Waals surface area contributed by atoms with Crippen LogP contribution in [0.15, 0.2) is 41.4 Å². The maximum atomic E-state index is 13.3. The summed E-state index contributed by atoms with van der Waals surface area (Å²) in [6.45, 7) is 7.24. The van der Waals surface area contributed by atoms with Gasteiger partial charge in [-0.15, -0.1) is 24.0 Å². The summed E-state index contributed by atoms with van der Waals surface area (Å²) >= 11 is 6.20. The molecule has 0 bridgehead atoms. The fourth-order valence-electron chi connectivity index (χ4n) is 2.53. The average molecular weight is 491 g/mol. The molecule has 0 fully saturated rings. The first-order chi connectivity index (χ1) is 11.8. The molecule has 2 N–H and O–H groups in total. The second-order valence-electron chi connectivity index (χ2n) is 6.56. The molecule has 0 aliphatic carbocycles. The lowest BCUT2D eigenvalue weighted by atomic mass is 9.84. The predicted molar refractivity (Wildman–Crippen MR) is 117 cm³/mol. The summed E-state index contributed by atoms with van der Waals surface area (Å²) in [4.78, 5) is 8.69. The summed E-state index contributed by atoms with van der Waals surface area (Å²) in [5.41, 5.74) is 2.53. The van der Waals surface area contributed by atoms with E-state index in [1.54, 1.807) is 13.1 Å². The van der Waals surface area contributed by atoms with Gasteiger partial charge in [0.15, 0.2) is 5.96 Å². The molecule has 2 rings (SSSR count). The van der Waals surface area contributed by atoms with E-state index in [9.17, 15) is 4.39 Å².